The molecule has 1 aliphatic heterocycles. The van der Waals surface area contributed by atoms with Gasteiger partial charge in [-0.3, -0.25) is 9.59 Å². The molecule has 148 valence electrons. The molecule has 2 aromatic rings. The lowest BCUT2D eigenvalue weighted by Crippen LogP contribution is -2.27. The Labute approximate surface area is 169 Å². The molecule has 6 nitrogen and oxygen atoms in total. The van der Waals surface area contributed by atoms with E-state index in [9.17, 15) is 18.0 Å². The lowest BCUT2D eigenvalue weighted by atomic mass is 10.1. The Bertz CT molecular complexity index is 966. The fourth-order valence-electron chi connectivity index (χ4n) is 2.95. The Hall–Kier alpha value is -2.16. The van der Waals surface area contributed by atoms with Crippen LogP contribution in [0.15, 0.2) is 58.3 Å². The summed E-state index contributed by atoms with van der Waals surface area (Å²) in [4.78, 5) is 24.7. The molecule has 28 heavy (non-hydrogen) atoms. The molecule has 2 aromatic carbocycles. The molecule has 0 saturated carbocycles. The summed E-state index contributed by atoms with van der Waals surface area (Å²) in [5.74, 6) is -0.0726. The first-order valence-corrected chi connectivity index (χ1v) is 11.4. The maximum Gasteiger partial charge on any atom is 0.243 e. The highest BCUT2D eigenvalue weighted by Crippen LogP contribution is 2.24. The monoisotopic (exact) mass is 418 g/mol. The molecular formula is C20H22N2O4S2. The van der Waals surface area contributed by atoms with Gasteiger partial charge in [-0.25, -0.2) is 8.42 Å². The average molecular weight is 419 g/mol. The summed E-state index contributed by atoms with van der Waals surface area (Å²) >= 11 is 1.32. The van der Waals surface area contributed by atoms with Crippen molar-refractivity contribution in [2.24, 2.45) is 0 Å². The van der Waals surface area contributed by atoms with Crippen LogP contribution in [-0.2, 0) is 14.8 Å². The van der Waals surface area contributed by atoms with Crippen LogP contribution in [0.25, 0.3) is 0 Å². The van der Waals surface area contributed by atoms with Gasteiger partial charge in [0.25, 0.3) is 0 Å². The minimum absolute atomic E-state index is 0.0607. The quantitative estimate of drug-likeness (QED) is 0.550. The number of rotatable bonds is 7. The number of hydrogen-bond donors (Lipinski definition) is 1. The van der Waals surface area contributed by atoms with E-state index in [1.807, 2.05) is 0 Å². The second-order valence-corrected chi connectivity index (χ2v) is 9.54. The molecular weight excluding hydrogens is 396 g/mol. The van der Waals surface area contributed by atoms with Crippen molar-refractivity contribution in [1.29, 1.82) is 0 Å². The van der Waals surface area contributed by atoms with Crippen LogP contribution in [0, 0.1) is 0 Å². The predicted octanol–water partition coefficient (Wildman–Crippen LogP) is 3.40. The predicted molar refractivity (Wildman–Crippen MR) is 110 cm³/mol. The van der Waals surface area contributed by atoms with Gasteiger partial charge in [0.05, 0.1) is 10.6 Å². The van der Waals surface area contributed by atoms with Crippen LogP contribution in [0.2, 0.25) is 0 Å². The van der Waals surface area contributed by atoms with Crippen molar-refractivity contribution in [2.45, 2.75) is 29.6 Å². The van der Waals surface area contributed by atoms with E-state index in [2.05, 4.69) is 5.32 Å². The van der Waals surface area contributed by atoms with Gasteiger partial charge in [-0.15, -0.1) is 11.8 Å². The van der Waals surface area contributed by atoms with E-state index in [-0.39, 0.29) is 22.3 Å². The van der Waals surface area contributed by atoms with Crippen molar-refractivity contribution in [3.8, 4) is 0 Å². The zero-order valence-corrected chi connectivity index (χ0v) is 17.2. The number of benzene rings is 2. The summed E-state index contributed by atoms with van der Waals surface area (Å²) in [7, 11) is -3.42. The summed E-state index contributed by atoms with van der Waals surface area (Å²) < 4.78 is 26.6. The highest BCUT2D eigenvalue weighted by Gasteiger charge is 2.26. The van der Waals surface area contributed by atoms with Crippen LogP contribution in [0.1, 0.15) is 30.1 Å². The van der Waals surface area contributed by atoms with E-state index in [1.165, 1.54) is 23.0 Å². The molecule has 1 saturated heterocycles. The topological polar surface area (TPSA) is 83.5 Å². The molecule has 3 rings (SSSR count). The lowest BCUT2D eigenvalue weighted by molar-refractivity contribution is -0.113. The second-order valence-electron chi connectivity index (χ2n) is 6.56. The third-order valence-electron chi connectivity index (χ3n) is 4.45. The Morgan fingerprint density at radius 2 is 1.75 bits per heavy atom. The number of sulfonamides is 1. The Balaban J connectivity index is 1.57. The van der Waals surface area contributed by atoms with Gasteiger partial charge in [0.1, 0.15) is 0 Å². The number of carbonyl (C=O) groups excluding carboxylic acids is 2. The average Bonchev–Trinajstić information content (AvgIpc) is 3.22. The van der Waals surface area contributed by atoms with E-state index >= 15 is 0 Å². The summed E-state index contributed by atoms with van der Waals surface area (Å²) in [5, 5.41) is 2.77. The van der Waals surface area contributed by atoms with Crippen LogP contribution < -0.4 is 5.32 Å². The van der Waals surface area contributed by atoms with Crippen LogP contribution in [0.4, 0.5) is 5.69 Å². The normalized spacial score (nSPS) is 14.8. The molecule has 1 aliphatic rings. The molecule has 0 aliphatic carbocycles. The Morgan fingerprint density at radius 1 is 1.07 bits per heavy atom. The molecule has 0 atom stereocenters. The number of amides is 1. The molecule has 0 radical (unpaired) electrons. The highest BCUT2D eigenvalue weighted by molar-refractivity contribution is 8.00. The van der Waals surface area contributed by atoms with Gasteiger partial charge < -0.3 is 5.32 Å². The zero-order chi connectivity index (χ0) is 20.1. The van der Waals surface area contributed by atoms with E-state index in [1.54, 1.807) is 48.5 Å². The summed E-state index contributed by atoms with van der Waals surface area (Å²) in [6.07, 6.45) is 1.80. The number of nitrogens with zero attached hydrogens (tertiary/aromatic N) is 1. The number of Topliss-reactive ketones (excluding diaryl/α,β-unsaturated/α-hetero) is 1. The second kappa shape index (κ2) is 8.89. The maximum absolute atomic E-state index is 12.5. The van der Waals surface area contributed by atoms with Crippen molar-refractivity contribution in [2.75, 3.05) is 24.2 Å². The fourth-order valence-corrected chi connectivity index (χ4v) is 5.16. The molecule has 1 heterocycles. The van der Waals surface area contributed by atoms with Crippen molar-refractivity contribution >= 4 is 39.2 Å². The number of carbonyl (C=O) groups is 2. The molecule has 1 fully saturated rings. The van der Waals surface area contributed by atoms with Gasteiger partial charge in [-0.2, -0.15) is 4.31 Å². The lowest BCUT2D eigenvalue weighted by Gasteiger charge is -2.15. The minimum atomic E-state index is -3.42. The Morgan fingerprint density at radius 3 is 2.39 bits per heavy atom. The number of thioether (sulfide) groups is 1. The van der Waals surface area contributed by atoms with E-state index in [0.717, 1.165) is 17.7 Å². The van der Waals surface area contributed by atoms with Crippen molar-refractivity contribution in [3.05, 3.63) is 54.1 Å². The summed E-state index contributed by atoms with van der Waals surface area (Å²) in [6.45, 7) is 2.62. The largest absolute Gasteiger partial charge is 0.325 e. The molecule has 0 spiro atoms. The number of nitrogens with one attached hydrogen (secondary N) is 1. The number of anilines is 1. The molecule has 0 unspecified atom stereocenters. The molecule has 8 heteroatoms. The molecule has 0 aromatic heterocycles. The smallest absolute Gasteiger partial charge is 0.243 e. The van der Waals surface area contributed by atoms with Crippen LogP contribution >= 0.6 is 11.8 Å². The molecule has 1 amide bonds. The van der Waals surface area contributed by atoms with E-state index in [0.29, 0.717) is 24.3 Å². The van der Waals surface area contributed by atoms with Gasteiger partial charge in [-0.1, -0.05) is 12.1 Å². The molecule has 1 N–H and O–H groups in total. The summed E-state index contributed by atoms with van der Waals surface area (Å²) in [5.41, 5.74) is 1.12. The van der Waals surface area contributed by atoms with Gasteiger partial charge in [0, 0.05) is 29.2 Å². The minimum Gasteiger partial charge on any atom is -0.325 e. The third kappa shape index (κ3) is 5.01. The fraction of sp³-hybridized carbons (Fsp3) is 0.300. The highest BCUT2D eigenvalue weighted by atomic mass is 32.2. The molecule has 0 bridgehead atoms. The van der Waals surface area contributed by atoms with E-state index < -0.39 is 10.0 Å². The SMILES string of the molecule is CC(=O)c1cccc(NC(=O)CSc2ccc(S(=O)(=O)N3CCCC3)cc2)c1. The summed E-state index contributed by atoms with van der Waals surface area (Å²) in [6, 6.07) is 13.4. The standard InChI is InChI=1S/C20H22N2O4S2/c1-15(23)16-5-4-6-17(13-16)21-20(24)14-27-18-7-9-19(10-8-18)28(25,26)22-11-2-3-12-22/h4-10,13H,2-3,11-12,14H2,1H3,(H,21,24). The van der Waals surface area contributed by atoms with Crippen molar-refractivity contribution < 1.29 is 18.0 Å². The Kier molecular flexibility index (Phi) is 6.53. The first kappa shape index (κ1) is 20.6. The zero-order valence-electron chi connectivity index (χ0n) is 15.6. The van der Waals surface area contributed by atoms with Crippen LogP contribution in [0.3, 0.4) is 0 Å². The number of ketones is 1. The van der Waals surface area contributed by atoms with Crippen molar-refractivity contribution in [1.82, 2.24) is 4.31 Å². The van der Waals surface area contributed by atoms with Gasteiger partial charge in [0.2, 0.25) is 15.9 Å². The van der Waals surface area contributed by atoms with Crippen molar-refractivity contribution in [3.63, 3.8) is 0 Å². The number of hydrogen-bond acceptors (Lipinski definition) is 5. The van der Waals surface area contributed by atoms with Crippen LogP contribution in [-0.4, -0.2) is 43.3 Å². The van der Waals surface area contributed by atoms with Crippen LogP contribution in [0.5, 0.6) is 0 Å². The van der Waals surface area contributed by atoms with Gasteiger partial charge >= 0.3 is 0 Å². The first-order valence-electron chi connectivity index (χ1n) is 9.00. The van der Waals surface area contributed by atoms with Gasteiger partial charge in [-0.05, 0) is 56.2 Å². The first-order chi connectivity index (χ1) is 13.4. The third-order valence-corrected chi connectivity index (χ3v) is 7.37. The maximum atomic E-state index is 12.5. The van der Waals surface area contributed by atoms with Gasteiger partial charge in [0.15, 0.2) is 5.78 Å². The van der Waals surface area contributed by atoms with E-state index in [4.69, 9.17) is 0 Å².